The predicted octanol–water partition coefficient (Wildman–Crippen LogP) is 13.8. The molecule has 9 aromatic rings. The van der Waals surface area contributed by atoms with Crippen molar-refractivity contribution in [2.75, 3.05) is 51.4 Å². The van der Waals surface area contributed by atoms with E-state index in [9.17, 15) is 10.2 Å². The normalized spacial score (nSPS) is 26.8. The lowest BCUT2D eigenvalue weighted by molar-refractivity contribution is -0.161. The van der Waals surface area contributed by atoms with Gasteiger partial charge >= 0.3 is 0 Å². The van der Waals surface area contributed by atoms with Gasteiger partial charge in [-0.1, -0.05) is 66.5 Å². The third-order valence-electron chi connectivity index (χ3n) is 24.2. The van der Waals surface area contributed by atoms with E-state index >= 15 is 0 Å². The van der Waals surface area contributed by atoms with E-state index in [1.165, 1.54) is 94.6 Å². The molecule has 1 aliphatic heterocycles. The van der Waals surface area contributed by atoms with E-state index in [2.05, 4.69) is 149 Å². The zero-order valence-corrected chi connectivity index (χ0v) is 60.7. The molecular weight excluding hydrogens is 1250 g/mol. The van der Waals surface area contributed by atoms with Crippen molar-refractivity contribution in [3.63, 3.8) is 0 Å². The van der Waals surface area contributed by atoms with Crippen LogP contribution in [-0.4, -0.2) is 152 Å². The molecule has 0 unspecified atom stereocenters. The largest absolute Gasteiger partial charge is 0.497 e. The first-order valence-electron chi connectivity index (χ1n) is 37.6. The summed E-state index contributed by atoms with van der Waals surface area (Å²) in [4.78, 5) is 40.6. The van der Waals surface area contributed by atoms with Gasteiger partial charge in [0.15, 0.2) is 5.79 Å². The quantitative estimate of drug-likeness (QED) is 0.0349. The molecule has 16 rings (SSSR count). The molecule has 0 radical (unpaired) electrons. The first-order chi connectivity index (χ1) is 48.1. The number of nitrogens with zero attached hydrogens (tertiary/aromatic N) is 10. The Morgan fingerprint density at radius 1 is 0.600 bits per heavy atom. The number of rotatable bonds is 23. The fourth-order valence-corrected chi connectivity index (χ4v) is 17.7. The number of aromatic nitrogens is 10. The van der Waals surface area contributed by atoms with Crippen molar-refractivity contribution < 1.29 is 29.2 Å². The van der Waals surface area contributed by atoms with Crippen LogP contribution in [0.2, 0.25) is 0 Å². The fraction of sp³-hybridized carbons (Fsp3) is 0.600. The summed E-state index contributed by atoms with van der Waals surface area (Å²) < 4.78 is 28.9. The smallest absolute Gasteiger partial charge is 0.163 e. The standard InChI is InChI=1S/C46H61N7O4.C34H47N7O2/c1-45(2,3)32-13-15-36-37(22-32)51-40(50-36)16-11-29-19-33(20-29)52(25-28-9-8-10-28)26-31-21-38(42-41(31)56-46(4,5)57-42)53-18-17-35-43(48-27-49-44(35)53)47-24-30-12-14-34(54-6)23-39(30)55-7;1-34(2,3)23-8-9-26-27(16-23)39-29(38-26)10-7-21-13-24(14-21)40(17-20-5-4-6-20)18-22-15-28(31(43)30(22)42)41-12-11-25-32(35)36-19-37-33(25)41/h12-15,17-18,22-23,27-29,31,33,38,41-42H,8-11,16,19-21,24-26H2,1-7H3,(H,50,51)(H,47,48,49);8-9,11-12,16,19-22,24,28,30-31,42-43H,4-7,10,13-15,17-18H2,1-3H3,(H,38,39)(H2,35,36,37)/t29?,31-,33?,38-,41-,42+;21?,22-,24?,28-,30-,31+/m11/s1. The number of fused-ring (bicyclic) bond motifs is 5. The molecular formula is C80H108N14O6. The zero-order chi connectivity index (χ0) is 69.4. The second-order valence-corrected chi connectivity index (χ2v) is 33.5. The number of methoxy groups -OCH3 is 2. The van der Waals surface area contributed by atoms with Crippen LogP contribution in [0.1, 0.15) is 186 Å². The van der Waals surface area contributed by atoms with Crippen LogP contribution < -0.4 is 20.5 Å². The van der Waals surface area contributed by atoms with Crippen molar-refractivity contribution >= 4 is 55.8 Å². The average Bonchev–Trinajstić information content (AvgIpc) is 1.58. The van der Waals surface area contributed by atoms with E-state index in [1.807, 2.05) is 35.0 Å². The number of ether oxygens (including phenoxy) is 4. The predicted molar refractivity (Wildman–Crippen MR) is 394 cm³/mol. The van der Waals surface area contributed by atoms with Gasteiger partial charge in [0, 0.05) is 93.5 Å². The zero-order valence-electron chi connectivity index (χ0n) is 60.7. The molecule has 7 N–H and O–H groups in total. The minimum absolute atomic E-state index is 0.0179. The van der Waals surface area contributed by atoms with Crippen LogP contribution in [0, 0.1) is 35.5 Å². The van der Waals surface area contributed by atoms with Crippen LogP contribution in [0.5, 0.6) is 11.5 Å². The molecule has 534 valence electrons. The lowest BCUT2D eigenvalue weighted by Gasteiger charge is -2.46. The second-order valence-electron chi connectivity index (χ2n) is 33.5. The number of hydrogen-bond acceptors (Lipinski definition) is 16. The van der Waals surface area contributed by atoms with Gasteiger partial charge in [0.1, 0.15) is 70.9 Å². The number of benzene rings is 3. The first-order valence-corrected chi connectivity index (χ1v) is 37.6. The summed E-state index contributed by atoms with van der Waals surface area (Å²) in [5.74, 6) is 7.78. The van der Waals surface area contributed by atoms with Gasteiger partial charge in [0.05, 0.1) is 71.4 Å². The summed E-state index contributed by atoms with van der Waals surface area (Å²) >= 11 is 0. The molecule has 8 atom stereocenters. The van der Waals surface area contributed by atoms with E-state index in [4.69, 9.17) is 39.6 Å². The van der Waals surface area contributed by atoms with Gasteiger partial charge in [-0.25, -0.2) is 29.9 Å². The highest BCUT2D eigenvalue weighted by molar-refractivity contribution is 5.88. The molecule has 7 fully saturated rings. The van der Waals surface area contributed by atoms with Crippen LogP contribution in [0.15, 0.2) is 91.8 Å². The highest BCUT2D eigenvalue weighted by Gasteiger charge is 2.56. The van der Waals surface area contributed by atoms with Crippen LogP contribution >= 0.6 is 0 Å². The summed E-state index contributed by atoms with van der Waals surface area (Å²) in [7, 11) is 3.35. The molecule has 1 saturated heterocycles. The molecule has 6 saturated carbocycles. The van der Waals surface area contributed by atoms with E-state index in [0.29, 0.717) is 36.3 Å². The third-order valence-corrected chi connectivity index (χ3v) is 24.2. The Morgan fingerprint density at radius 3 is 1.70 bits per heavy atom. The van der Waals surface area contributed by atoms with Gasteiger partial charge in [0.25, 0.3) is 0 Å². The summed E-state index contributed by atoms with van der Waals surface area (Å²) in [6.45, 7) is 22.4. The molecule has 6 aliphatic carbocycles. The highest BCUT2D eigenvalue weighted by atomic mass is 16.8. The topological polar surface area (TPSA) is 241 Å². The fourth-order valence-electron chi connectivity index (χ4n) is 17.7. The van der Waals surface area contributed by atoms with Crippen LogP contribution in [0.4, 0.5) is 11.6 Å². The summed E-state index contributed by atoms with van der Waals surface area (Å²) in [6, 6.07) is 24.3. The SMILES string of the molecule is CC(C)(C)c1ccc2nc(CCC3CC(N(CC4CCC4)C[C@H]4C[C@@H](n5ccc6c(N)ncnc65)[C@H](O)[C@@H]4O)C3)[nH]c2c1.COc1ccc(CNc2ncnc3c2ccn3[C@@H]2C[C@H](CN(CC3CCC3)C3CC(CCc4nc5ccc(C(C)(C)C)cc5[nH]4)C3)[C@H]3OC(C)(C)O[C@H]32)c(OC)c1. The maximum Gasteiger partial charge on any atom is 0.163 e. The van der Waals surface area contributed by atoms with Crippen molar-refractivity contribution in [1.82, 2.24) is 58.8 Å². The van der Waals surface area contributed by atoms with Gasteiger partial charge in [-0.2, -0.15) is 0 Å². The van der Waals surface area contributed by atoms with Gasteiger partial charge in [-0.15, -0.1) is 0 Å². The molecule has 7 aliphatic rings. The van der Waals surface area contributed by atoms with E-state index in [0.717, 1.165) is 148 Å². The third kappa shape index (κ3) is 14.2. The van der Waals surface area contributed by atoms with Gasteiger partial charge in [0.2, 0.25) is 0 Å². The number of hydrogen-bond donors (Lipinski definition) is 6. The maximum absolute atomic E-state index is 11.2. The number of aryl methyl sites for hydroxylation is 2. The lowest BCUT2D eigenvalue weighted by Crippen LogP contribution is -2.50. The van der Waals surface area contributed by atoms with E-state index in [1.54, 1.807) is 20.5 Å². The Kier molecular flexibility index (Phi) is 19.1. The van der Waals surface area contributed by atoms with Crippen molar-refractivity contribution in [3.8, 4) is 11.5 Å². The summed E-state index contributed by atoms with van der Waals surface area (Å²) in [6.07, 6.45) is 24.7. The monoisotopic (exact) mass is 1360 g/mol. The van der Waals surface area contributed by atoms with Crippen molar-refractivity contribution in [2.45, 2.75) is 230 Å². The molecule has 0 bridgehead atoms. The molecule has 0 amide bonds. The number of aliphatic hydroxyl groups excluding tert-OH is 2. The Bertz CT molecular complexity index is 4310. The van der Waals surface area contributed by atoms with Gasteiger partial charge in [-0.05, 0) is 185 Å². The molecule has 3 aromatic carbocycles. The second kappa shape index (κ2) is 27.9. The molecule has 7 heterocycles. The Balaban J connectivity index is 0.000000169. The first kappa shape index (κ1) is 68.6. The summed E-state index contributed by atoms with van der Waals surface area (Å²) in [5.41, 5.74) is 16.1. The van der Waals surface area contributed by atoms with Crippen molar-refractivity contribution in [2.24, 2.45) is 35.5 Å². The number of aliphatic hydroxyl groups is 2. The van der Waals surface area contributed by atoms with Crippen molar-refractivity contribution in [1.29, 1.82) is 0 Å². The van der Waals surface area contributed by atoms with E-state index in [-0.39, 0.29) is 41.0 Å². The van der Waals surface area contributed by atoms with Crippen molar-refractivity contribution in [3.05, 3.63) is 120 Å². The van der Waals surface area contributed by atoms with Gasteiger partial charge in [-0.3, -0.25) is 9.80 Å². The summed E-state index contributed by atoms with van der Waals surface area (Å²) in [5, 5.41) is 27.7. The Hall–Kier alpha value is -7.20. The van der Waals surface area contributed by atoms with Crippen LogP contribution in [-0.2, 0) is 39.7 Å². The lowest BCUT2D eigenvalue weighted by atomic mass is 9.75. The number of H-pyrrole nitrogens is 2. The average molecular weight is 1360 g/mol. The number of nitrogen functional groups attached to an aromatic ring is 1. The number of anilines is 2. The van der Waals surface area contributed by atoms with Crippen LogP contribution in [0.3, 0.4) is 0 Å². The minimum Gasteiger partial charge on any atom is -0.497 e. The van der Waals surface area contributed by atoms with Crippen LogP contribution in [0.25, 0.3) is 44.1 Å². The Labute approximate surface area is 589 Å². The van der Waals surface area contributed by atoms with Gasteiger partial charge < -0.3 is 59.3 Å². The Morgan fingerprint density at radius 2 is 1.14 bits per heavy atom. The number of aromatic amines is 2. The minimum atomic E-state index is -0.834. The highest BCUT2D eigenvalue weighted by Crippen LogP contribution is 2.50. The molecule has 20 heteroatoms. The number of nitrogens with two attached hydrogens (primary N) is 1. The molecule has 6 aromatic heterocycles. The molecule has 100 heavy (non-hydrogen) atoms. The number of nitrogens with one attached hydrogen (secondary N) is 3. The molecule has 0 spiro atoms. The molecule has 20 nitrogen and oxygen atoms in total. The maximum atomic E-state index is 11.2. The number of imidazole rings is 2. The van der Waals surface area contributed by atoms with E-state index < -0.39 is 18.0 Å².